The number of ether oxygens (including phenoxy) is 1. The first-order valence-electron chi connectivity index (χ1n) is 7.69. The Hall–Kier alpha value is -2.81. The maximum Gasteiger partial charge on any atom is 0.340 e. The summed E-state index contributed by atoms with van der Waals surface area (Å²) in [5, 5.41) is 11.6. The van der Waals surface area contributed by atoms with Crippen molar-refractivity contribution in [2.45, 2.75) is 13.3 Å². The maximum atomic E-state index is 11.9. The largest absolute Gasteiger partial charge is 0.492 e. The minimum Gasteiger partial charge on any atom is -0.492 e. The summed E-state index contributed by atoms with van der Waals surface area (Å²) in [4.78, 5) is 11.9. The topological polar surface area (TPSA) is 46.5 Å². The van der Waals surface area contributed by atoms with Crippen LogP contribution in [0.2, 0.25) is 0 Å². The molecule has 0 bridgehead atoms. The summed E-state index contributed by atoms with van der Waals surface area (Å²) >= 11 is 0. The van der Waals surface area contributed by atoms with Crippen LogP contribution in [0.4, 0.5) is 0 Å². The van der Waals surface area contributed by atoms with Crippen LogP contribution >= 0.6 is 0 Å². The van der Waals surface area contributed by atoms with E-state index in [0.717, 1.165) is 22.8 Å². The van der Waals surface area contributed by atoms with Gasteiger partial charge in [0.2, 0.25) is 0 Å². The van der Waals surface area contributed by atoms with Crippen LogP contribution in [0.3, 0.4) is 0 Å². The average Bonchev–Trinajstić information content (AvgIpc) is 2.59. The van der Waals surface area contributed by atoms with Crippen molar-refractivity contribution in [3.8, 4) is 16.9 Å². The zero-order valence-corrected chi connectivity index (χ0v) is 13.0. The van der Waals surface area contributed by atoms with E-state index in [1.54, 1.807) is 0 Å². The molecule has 0 fully saturated rings. The van der Waals surface area contributed by atoms with Crippen LogP contribution in [0.1, 0.15) is 23.7 Å². The quantitative estimate of drug-likeness (QED) is 0.722. The Labute approximate surface area is 135 Å². The van der Waals surface area contributed by atoms with Gasteiger partial charge < -0.3 is 9.84 Å². The number of fused-ring (bicyclic) bond motifs is 1. The van der Waals surface area contributed by atoms with E-state index in [2.05, 4.69) is 0 Å². The van der Waals surface area contributed by atoms with Crippen molar-refractivity contribution in [3.05, 3.63) is 66.2 Å². The average molecular weight is 306 g/mol. The van der Waals surface area contributed by atoms with E-state index in [1.165, 1.54) is 0 Å². The molecular weight excluding hydrogens is 288 g/mol. The van der Waals surface area contributed by atoms with E-state index in [4.69, 9.17) is 4.74 Å². The second-order valence-corrected chi connectivity index (χ2v) is 5.37. The summed E-state index contributed by atoms with van der Waals surface area (Å²) < 4.78 is 5.84. The predicted octanol–water partition coefficient (Wildman–Crippen LogP) is 4.99. The van der Waals surface area contributed by atoms with Crippen LogP contribution in [-0.4, -0.2) is 17.7 Å². The molecule has 0 aliphatic rings. The molecule has 0 aliphatic heterocycles. The molecule has 0 aromatic heterocycles. The molecule has 116 valence electrons. The molecule has 0 atom stereocenters. The van der Waals surface area contributed by atoms with Crippen LogP contribution in [0, 0.1) is 0 Å². The van der Waals surface area contributed by atoms with Gasteiger partial charge in [-0.2, -0.15) is 0 Å². The number of carbonyl (C=O) groups is 1. The molecule has 0 unspecified atom stereocenters. The van der Waals surface area contributed by atoms with Gasteiger partial charge in [-0.05, 0) is 23.4 Å². The second kappa shape index (κ2) is 6.53. The molecule has 3 heteroatoms. The highest BCUT2D eigenvalue weighted by Gasteiger charge is 2.21. The third kappa shape index (κ3) is 2.90. The Morgan fingerprint density at radius 2 is 1.74 bits per heavy atom. The monoisotopic (exact) mass is 306 g/mol. The highest BCUT2D eigenvalue weighted by molar-refractivity contribution is 6.07. The number of rotatable bonds is 5. The van der Waals surface area contributed by atoms with Gasteiger partial charge in [0, 0.05) is 10.9 Å². The van der Waals surface area contributed by atoms with Gasteiger partial charge in [-0.1, -0.05) is 61.5 Å². The van der Waals surface area contributed by atoms with Crippen molar-refractivity contribution in [3.63, 3.8) is 0 Å². The molecule has 0 heterocycles. The van der Waals surface area contributed by atoms with Gasteiger partial charge in [-0.25, -0.2) is 4.79 Å². The van der Waals surface area contributed by atoms with E-state index < -0.39 is 5.97 Å². The second-order valence-electron chi connectivity index (χ2n) is 5.37. The minimum atomic E-state index is -0.972. The third-order valence-corrected chi connectivity index (χ3v) is 3.75. The molecule has 0 spiro atoms. The van der Waals surface area contributed by atoms with Gasteiger partial charge in [0.05, 0.1) is 6.61 Å². The van der Waals surface area contributed by atoms with E-state index >= 15 is 0 Å². The molecule has 0 amide bonds. The summed E-state index contributed by atoms with van der Waals surface area (Å²) in [5.41, 5.74) is 1.78. The minimum absolute atomic E-state index is 0.225. The zero-order valence-electron chi connectivity index (χ0n) is 13.0. The summed E-state index contributed by atoms with van der Waals surface area (Å²) in [6, 6.07) is 19.2. The normalized spacial score (nSPS) is 10.7. The first-order chi connectivity index (χ1) is 11.2. The Morgan fingerprint density at radius 1 is 1.04 bits per heavy atom. The number of carboxylic acids is 1. The summed E-state index contributed by atoms with van der Waals surface area (Å²) in [6.07, 6.45) is 0.822. The smallest absolute Gasteiger partial charge is 0.340 e. The molecule has 3 nitrogen and oxygen atoms in total. The Kier molecular flexibility index (Phi) is 4.29. The lowest BCUT2D eigenvalue weighted by molar-refractivity contribution is 0.0693. The lowest BCUT2D eigenvalue weighted by Gasteiger charge is -2.16. The van der Waals surface area contributed by atoms with Crippen molar-refractivity contribution < 1.29 is 14.6 Å². The molecular formula is C20H18O3. The van der Waals surface area contributed by atoms with Gasteiger partial charge in [-0.15, -0.1) is 0 Å². The lowest BCUT2D eigenvalue weighted by atomic mass is 9.94. The third-order valence-electron chi connectivity index (χ3n) is 3.75. The van der Waals surface area contributed by atoms with Crippen LogP contribution in [0.25, 0.3) is 21.9 Å². The molecule has 3 aromatic rings. The molecule has 0 aliphatic carbocycles. The fraction of sp³-hybridized carbons (Fsp3) is 0.150. The number of carboxylic acid groups (broad SMARTS) is 1. The van der Waals surface area contributed by atoms with Gasteiger partial charge in [-0.3, -0.25) is 0 Å². The Bertz CT molecular complexity index is 838. The molecule has 1 N–H and O–H groups in total. The summed E-state index contributed by atoms with van der Waals surface area (Å²) in [6.45, 7) is 2.49. The van der Waals surface area contributed by atoms with Gasteiger partial charge in [0.15, 0.2) is 0 Å². The Balaban J connectivity index is 2.35. The first-order valence-corrected chi connectivity index (χ1v) is 7.69. The number of hydrogen-bond donors (Lipinski definition) is 1. The standard InChI is InChI=1S/C20H18O3/c1-2-12-23-19-16-11-7-6-10-15(16)13-17(18(19)20(21)22)14-8-4-3-5-9-14/h3-11,13H,2,12H2,1H3,(H,21,22). The SMILES string of the molecule is CCCOc1c(C(=O)O)c(-c2ccccc2)cc2ccccc12. The number of benzene rings is 3. The molecule has 3 aromatic carbocycles. The highest BCUT2D eigenvalue weighted by atomic mass is 16.5. The predicted molar refractivity (Wildman–Crippen MR) is 92.1 cm³/mol. The van der Waals surface area contributed by atoms with E-state index in [-0.39, 0.29) is 5.56 Å². The molecule has 0 saturated heterocycles. The summed E-state index contributed by atoms with van der Waals surface area (Å²) in [5.74, 6) is -0.517. The van der Waals surface area contributed by atoms with Gasteiger partial charge >= 0.3 is 5.97 Å². The number of hydrogen-bond acceptors (Lipinski definition) is 2. The van der Waals surface area contributed by atoms with Gasteiger partial charge in [0.25, 0.3) is 0 Å². The van der Waals surface area contributed by atoms with Crippen molar-refractivity contribution in [2.75, 3.05) is 6.61 Å². The first kappa shape index (κ1) is 15.1. The van der Waals surface area contributed by atoms with Crippen molar-refractivity contribution in [2.24, 2.45) is 0 Å². The highest BCUT2D eigenvalue weighted by Crippen LogP contribution is 2.38. The fourth-order valence-electron chi connectivity index (χ4n) is 2.73. The summed E-state index contributed by atoms with van der Waals surface area (Å²) in [7, 11) is 0. The van der Waals surface area contributed by atoms with Gasteiger partial charge in [0.1, 0.15) is 11.3 Å². The van der Waals surface area contributed by atoms with E-state index in [0.29, 0.717) is 17.9 Å². The van der Waals surface area contributed by atoms with Crippen molar-refractivity contribution >= 4 is 16.7 Å². The maximum absolute atomic E-state index is 11.9. The van der Waals surface area contributed by atoms with E-state index in [9.17, 15) is 9.90 Å². The molecule has 0 radical (unpaired) electrons. The van der Waals surface area contributed by atoms with Crippen LogP contribution in [0.15, 0.2) is 60.7 Å². The number of aromatic carboxylic acids is 1. The fourth-order valence-corrected chi connectivity index (χ4v) is 2.73. The van der Waals surface area contributed by atoms with Crippen LogP contribution in [0.5, 0.6) is 5.75 Å². The van der Waals surface area contributed by atoms with Crippen molar-refractivity contribution in [1.29, 1.82) is 0 Å². The van der Waals surface area contributed by atoms with Crippen LogP contribution in [-0.2, 0) is 0 Å². The van der Waals surface area contributed by atoms with E-state index in [1.807, 2.05) is 67.6 Å². The lowest BCUT2D eigenvalue weighted by Crippen LogP contribution is -2.07. The molecule has 0 saturated carbocycles. The van der Waals surface area contributed by atoms with Crippen molar-refractivity contribution in [1.82, 2.24) is 0 Å². The zero-order chi connectivity index (χ0) is 16.2. The molecule has 3 rings (SSSR count). The van der Waals surface area contributed by atoms with Crippen LogP contribution < -0.4 is 4.74 Å². The Morgan fingerprint density at radius 3 is 2.43 bits per heavy atom. The molecule has 23 heavy (non-hydrogen) atoms.